The highest BCUT2D eigenvalue weighted by Crippen LogP contribution is 2.21. The van der Waals surface area contributed by atoms with E-state index in [0.29, 0.717) is 6.10 Å². The van der Waals surface area contributed by atoms with Crippen molar-refractivity contribution in [3.63, 3.8) is 0 Å². The molecule has 8 heavy (non-hydrogen) atoms. The van der Waals surface area contributed by atoms with E-state index in [0.717, 1.165) is 0 Å². The Morgan fingerprint density at radius 1 is 1.75 bits per heavy atom. The molecule has 1 fully saturated rings. The van der Waals surface area contributed by atoms with Crippen LogP contribution >= 0.6 is 0 Å². The molecule has 2 atom stereocenters. The minimum absolute atomic E-state index is 0.118. The van der Waals surface area contributed by atoms with Gasteiger partial charge in [-0.25, -0.2) is 0 Å². The molecule has 2 nitrogen and oxygen atoms in total. The molecule has 0 aromatic heterocycles. The van der Waals surface area contributed by atoms with Crippen molar-refractivity contribution in [2.75, 3.05) is 6.61 Å². The summed E-state index contributed by atoms with van der Waals surface area (Å²) in [6, 6.07) is 0. The molecule has 1 aliphatic heterocycles. The zero-order valence-electron chi connectivity index (χ0n) is 4.87. The SMILES string of the molecule is CC1OC1/C=C/CO. The van der Waals surface area contributed by atoms with Gasteiger partial charge in [-0.1, -0.05) is 12.2 Å². The molecule has 0 bridgehead atoms. The zero-order valence-corrected chi connectivity index (χ0v) is 4.87. The zero-order chi connectivity index (χ0) is 5.98. The molecule has 46 valence electrons. The van der Waals surface area contributed by atoms with Crippen molar-refractivity contribution < 1.29 is 9.84 Å². The van der Waals surface area contributed by atoms with Crippen LogP contribution in [0.2, 0.25) is 0 Å². The van der Waals surface area contributed by atoms with Crippen LogP contribution in [-0.4, -0.2) is 23.9 Å². The van der Waals surface area contributed by atoms with Crippen molar-refractivity contribution in [2.45, 2.75) is 19.1 Å². The molecule has 1 rings (SSSR count). The summed E-state index contributed by atoms with van der Waals surface area (Å²) in [6.45, 7) is 2.12. The molecular formula is C6H10O2. The van der Waals surface area contributed by atoms with Gasteiger partial charge in [-0.3, -0.25) is 0 Å². The lowest BCUT2D eigenvalue weighted by atomic mass is 10.3. The first-order valence-corrected chi connectivity index (χ1v) is 2.77. The van der Waals surface area contributed by atoms with Crippen LogP contribution < -0.4 is 0 Å². The van der Waals surface area contributed by atoms with E-state index in [-0.39, 0.29) is 12.7 Å². The van der Waals surface area contributed by atoms with Gasteiger partial charge in [0.15, 0.2) is 0 Å². The van der Waals surface area contributed by atoms with Gasteiger partial charge in [0.05, 0.1) is 12.7 Å². The van der Waals surface area contributed by atoms with Crippen LogP contribution in [0.4, 0.5) is 0 Å². The minimum Gasteiger partial charge on any atom is -0.392 e. The van der Waals surface area contributed by atoms with Crippen LogP contribution in [0.15, 0.2) is 12.2 Å². The van der Waals surface area contributed by atoms with Gasteiger partial charge in [-0.2, -0.15) is 0 Å². The van der Waals surface area contributed by atoms with Gasteiger partial charge < -0.3 is 9.84 Å². The fraction of sp³-hybridized carbons (Fsp3) is 0.667. The molecule has 0 aliphatic carbocycles. The number of epoxide rings is 1. The average Bonchev–Trinajstić information content (AvgIpc) is 2.42. The van der Waals surface area contributed by atoms with E-state index in [2.05, 4.69) is 0 Å². The van der Waals surface area contributed by atoms with E-state index in [1.165, 1.54) is 0 Å². The second-order valence-corrected chi connectivity index (χ2v) is 1.92. The molecule has 0 spiro atoms. The Hall–Kier alpha value is -0.340. The summed E-state index contributed by atoms with van der Waals surface area (Å²) in [5, 5.41) is 8.29. The van der Waals surface area contributed by atoms with Crippen LogP contribution in [-0.2, 0) is 4.74 Å². The molecule has 2 unspecified atom stereocenters. The van der Waals surface area contributed by atoms with Crippen LogP contribution in [0.3, 0.4) is 0 Å². The summed E-state index contributed by atoms with van der Waals surface area (Å²) in [7, 11) is 0. The third kappa shape index (κ3) is 1.32. The average molecular weight is 114 g/mol. The van der Waals surface area contributed by atoms with Crippen molar-refractivity contribution in [3.05, 3.63) is 12.2 Å². The smallest absolute Gasteiger partial charge is 0.102 e. The number of ether oxygens (including phenoxy) is 1. The standard InChI is InChI=1S/C6H10O2/c1-5-6(8-5)3-2-4-7/h2-3,5-7H,4H2,1H3/b3-2+. The summed E-state index contributed by atoms with van der Waals surface area (Å²) >= 11 is 0. The molecule has 0 amide bonds. The Morgan fingerprint density at radius 3 is 2.75 bits per heavy atom. The molecule has 0 aromatic rings. The molecule has 1 aliphatic rings. The quantitative estimate of drug-likeness (QED) is 0.414. The normalized spacial score (nSPS) is 36.2. The van der Waals surface area contributed by atoms with Crippen molar-refractivity contribution in [2.24, 2.45) is 0 Å². The van der Waals surface area contributed by atoms with Crippen LogP contribution in [0.1, 0.15) is 6.92 Å². The lowest BCUT2D eigenvalue weighted by molar-refractivity contribution is 0.341. The van der Waals surface area contributed by atoms with Crippen molar-refractivity contribution in [1.29, 1.82) is 0 Å². The highest BCUT2D eigenvalue weighted by atomic mass is 16.6. The highest BCUT2D eigenvalue weighted by molar-refractivity contribution is 5.00. The first kappa shape index (κ1) is 5.79. The number of hydrogen-bond acceptors (Lipinski definition) is 2. The van der Waals surface area contributed by atoms with Gasteiger partial charge in [0, 0.05) is 0 Å². The van der Waals surface area contributed by atoms with Crippen LogP contribution in [0.25, 0.3) is 0 Å². The summed E-state index contributed by atoms with van der Waals surface area (Å²) in [4.78, 5) is 0. The molecular weight excluding hydrogens is 104 g/mol. The molecule has 2 heteroatoms. The van der Waals surface area contributed by atoms with Crippen molar-refractivity contribution >= 4 is 0 Å². The highest BCUT2D eigenvalue weighted by Gasteiger charge is 2.30. The van der Waals surface area contributed by atoms with E-state index >= 15 is 0 Å². The topological polar surface area (TPSA) is 32.8 Å². The molecule has 1 N–H and O–H groups in total. The number of aliphatic hydroxyl groups is 1. The largest absolute Gasteiger partial charge is 0.392 e. The Morgan fingerprint density at radius 2 is 2.38 bits per heavy atom. The van der Waals surface area contributed by atoms with Gasteiger partial charge in [-0.05, 0) is 6.92 Å². The molecule has 0 radical (unpaired) electrons. The molecule has 1 heterocycles. The van der Waals surface area contributed by atoms with E-state index < -0.39 is 0 Å². The Kier molecular flexibility index (Phi) is 1.65. The van der Waals surface area contributed by atoms with Crippen LogP contribution in [0, 0.1) is 0 Å². The van der Waals surface area contributed by atoms with Gasteiger partial charge in [0.25, 0.3) is 0 Å². The summed E-state index contributed by atoms with van der Waals surface area (Å²) in [5.74, 6) is 0. The minimum atomic E-state index is 0.118. The van der Waals surface area contributed by atoms with Gasteiger partial charge >= 0.3 is 0 Å². The predicted octanol–water partition coefficient (Wildman–Crippen LogP) is 0.322. The number of aliphatic hydroxyl groups excluding tert-OH is 1. The third-order valence-corrected chi connectivity index (χ3v) is 1.19. The summed E-state index contributed by atoms with van der Waals surface area (Å²) in [6.07, 6.45) is 4.23. The second kappa shape index (κ2) is 2.29. The van der Waals surface area contributed by atoms with Gasteiger partial charge in [-0.15, -0.1) is 0 Å². The Bertz CT molecular complexity index is 98.7. The number of rotatable bonds is 2. The second-order valence-electron chi connectivity index (χ2n) is 1.92. The first-order valence-electron chi connectivity index (χ1n) is 2.77. The predicted molar refractivity (Wildman–Crippen MR) is 30.6 cm³/mol. The molecule has 0 aromatic carbocycles. The van der Waals surface area contributed by atoms with E-state index in [1.807, 2.05) is 13.0 Å². The monoisotopic (exact) mass is 114 g/mol. The lowest BCUT2D eigenvalue weighted by Crippen LogP contribution is -1.82. The molecule has 0 saturated carbocycles. The first-order chi connectivity index (χ1) is 3.84. The molecule has 1 saturated heterocycles. The summed E-state index contributed by atoms with van der Waals surface area (Å²) in [5.41, 5.74) is 0. The van der Waals surface area contributed by atoms with Crippen molar-refractivity contribution in [1.82, 2.24) is 0 Å². The Balaban J connectivity index is 2.12. The van der Waals surface area contributed by atoms with Gasteiger partial charge in [0.2, 0.25) is 0 Å². The maximum absolute atomic E-state index is 8.29. The van der Waals surface area contributed by atoms with E-state index in [9.17, 15) is 0 Å². The fourth-order valence-electron chi connectivity index (χ4n) is 0.599. The fourth-order valence-corrected chi connectivity index (χ4v) is 0.599. The van der Waals surface area contributed by atoms with E-state index in [1.54, 1.807) is 6.08 Å². The lowest BCUT2D eigenvalue weighted by Gasteiger charge is -1.74. The third-order valence-electron chi connectivity index (χ3n) is 1.19. The van der Waals surface area contributed by atoms with Crippen molar-refractivity contribution in [3.8, 4) is 0 Å². The maximum Gasteiger partial charge on any atom is 0.102 e. The number of hydrogen-bond donors (Lipinski definition) is 1. The van der Waals surface area contributed by atoms with Gasteiger partial charge in [0.1, 0.15) is 6.10 Å². The van der Waals surface area contributed by atoms with E-state index in [4.69, 9.17) is 9.84 Å². The van der Waals surface area contributed by atoms with Crippen LogP contribution in [0.5, 0.6) is 0 Å². The maximum atomic E-state index is 8.29. The summed E-state index contributed by atoms with van der Waals surface area (Å²) < 4.78 is 5.02. The Labute approximate surface area is 48.8 Å².